The van der Waals surface area contributed by atoms with Gasteiger partial charge in [0.05, 0.1) is 0 Å². The van der Waals surface area contributed by atoms with Crippen molar-refractivity contribution < 1.29 is 14.0 Å². The summed E-state index contributed by atoms with van der Waals surface area (Å²) in [5.74, 6) is 0.207. The molecule has 132 valence electrons. The summed E-state index contributed by atoms with van der Waals surface area (Å²) >= 11 is 0. The van der Waals surface area contributed by atoms with Gasteiger partial charge >= 0.3 is 0 Å². The zero-order chi connectivity index (χ0) is 17.2. The van der Waals surface area contributed by atoms with E-state index in [4.69, 9.17) is 4.42 Å². The van der Waals surface area contributed by atoms with Gasteiger partial charge in [0.1, 0.15) is 11.3 Å². The van der Waals surface area contributed by atoms with Crippen molar-refractivity contribution in [2.45, 2.75) is 44.9 Å². The Labute approximate surface area is 147 Å². The fourth-order valence-corrected chi connectivity index (χ4v) is 3.97. The van der Waals surface area contributed by atoms with Gasteiger partial charge in [-0.25, -0.2) is 0 Å². The van der Waals surface area contributed by atoms with Gasteiger partial charge < -0.3 is 14.6 Å². The standard InChI is InChI=1S/C20H24N2O3/c23-19(14-8-2-1-3-9-14)21-17-15-10-4-5-11-16(15)25-18(17)20(24)22-12-6-7-13-22/h4-5,10-11,14H,1-3,6-9,12-13H2,(H,21,23). The second kappa shape index (κ2) is 6.90. The number of furan rings is 1. The molecule has 25 heavy (non-hydrogen) atoms. The van der Waals surface area contributed by atoms with Gasteiger partial charge in [-0.15, -0.1) is 0 Å². The highest BCUT2D eigenvalue weighted by Crippen LogP contribution is 2.34. The van der Waals surface area contributed by atoms with Crippen LogP contribution < -0.4 is 5.32 Å². The Morgan fingerprint density at radius 1 is 1.00 bits per heavy atom. The minimum absolute atomic E-state index is 0.0155. The van der Waals surface area contributed by atoms with E-state index < -0.39 is 0 Å². The summed E-state index contributed by atoms with van der Waals surface area (Å²) in [6.07, 6.45) is 7.31. The van der Waals surface area contributed by atoms with Crippen molar-refractivity contribution in [1.82, 2.24) is 4.90 Å². The third-order valence-corrected chi connectivity index (χ3v) is 5.41. The van der Waals surface area contributed by atoms with Crippen molar-refractivity contribution in [3.05, 3.63) is 30.0 Å². The van der Waals surface area contributed by atoms with Crippen LogP contribution in [0.15, 0.2) is 28.7 Å². The number of fused-ring (bicyclic) bond motifs is 1. The van der Waals surface area contributed by atoms with Crippen molar-refractivity contribution in [2.75, 3.05) is 18.4 Å². The number of amides is 2. The topological polar surface area (TPSA) is 62.6 Å². The molecule has 1 N–H and O–H groups in total. The molecule has 2 aliphatic rings. The SMILES string of the molecule is O=C(Nc1c(C(=O)N2CCCC2)oc2ccccc12)C1CCCCC1. The third kappa shape index (κ3) is 3.15. The highest BCUT2D eigenvalue weighted by Gasteiger charge is 2.29. The maximum absolute atomic E-state index is 12.9. The number of nitrogens with one attached hydrogen (secondary N) is 1. The van der Waals surface area contributed by atoms with Crippen LogP contribution in [0.4, 0.5) is 5.69 Å². The molecular weight excluding hydrogens is 316 g/mol. The summed E-state index contributed by atoms with van der Waals surface area (Å²) < 4.78 is 5.86. The van der Waals surface area contributed by atoms with Gasteiger partial charge in [0.25, 0.3) is 5.91 Å². The molecule has 4 rings (SSSR count). The van der Waals surface area contributed by atoms with Crippen molar-refractivity contribution in [2.24, 2.45) is 5.92 Å². The molecule has 5 heteroatoms. The molecule has 0 spiro atoms. The van der Waals surface area contributed by atoms with Crippen LogP contribution in [0.25, 0.3) is 11.0 Å². The molecule has 2 fully saturated rings. The maximum Gasteiger partial charge on any atom is 0.291 e. The smallest absolute Gasteiger partial charge is 0.291 e. The molecule has 2 amide bonds. The van der Waals surface area contributed by atoms with Crippen LogP contribution in [0.5, 0.6) is 0 Å². The summed E-state index contributed by atoms with van der Waals surface area (Å²) in [7, 11) is 0. The van der Waals surface area contributed by atoms with E-state index in [1.54, 1.807) is 0 Å². The average Bonchev–Trinajstić information content (AvgIpc) is 3.30. The zero-order valence-corrected chi connectivity index (χ0v) is 14.4. The number of anilines is 1. The first-order valence-electron chi connectivity index (χ1n) is 9.36. The lowest BCUT2D eigenvalue weighted by Crippen LogP contribution is -2.29. The molecule has 2 heterocycles. The lowest BCUT2D eigenvalue weighted by atomic mass is 9.88. The van der Waals surface area contributed by atoms with Gasteiger partial charge in [0.2, 0.25) is 11.7 Å². The van der Waals surface area contributed by atoms with Crippen molar-refractivity contribution in [3.63, 3.8) is 0 Å². The van der Waals surface area contributed by atoms with Crippen LogP contribution in [0.1, 0.15) is 55.5 Å². The van der Waals surface area contributed by atoms with Crippen molar-refractivity contribution >= 4 is 28.5 Å². The predicted molar refractivity (Wildman–Crippen MR) is 96.6 cm³/mol. The summed E-state index contributed by atoms with van der Waals surface area (Å²) in [5, 5.41) is 3.83. The highest BCUT2D eigenvalue weighted by atomic mass is 16.3. The van der Waals surface area contributed by atoms with E-state index in [0.29, 0.717) is 11.3 Å². The number of nitrogens with zero attached hydrogens (tertiary/aromatic N) is 1. The second-order valence-electron chi connectivity index (χ2n) is 7.13. The number of hydrogen-bond donors (Lipinski definition) is 1. The number of rotatable bonds is 3. The Balaban J connectivity index is 1.66. The molecule has 0 radical (unpaired) electrons. The van der Waals surface area contributed by atoms with E-state index in [1.165, 1.54) is 6.42 Å². The largest absolute Gasteiger partial charge is 0.449 e. The Morgan fingerprint density at radius 3 is 2.48 bits per heavy atom. The molecule has 1 saturated carbocycles. The van der Waals surface area contributed by atoms with Crippen LogP contribution in [0, 0.1) is 5.92 Å². The number of para-hydroxylation sites is 1. The molecule has 0 unspecified atom stereocenters. The van der Waals surface area contributed by atoms with Crippen LogP contribution in [-0.4, -0.2) is 29.8 Å². The van der Waals surface area contributed by atoms with Gasteiger partial charge in [0.15, 0.2) is 0 Å². The monoisotopic (exact) mass is 340 g/mol. The number of hydrogen-bond acceptors (Lipinski definition) is 3. The minimum atomic E-state index is -0.118. The van der Waals surface area contributed by atoms with Gasteiger partial charge in [0, 0.05) is 24.4 Å². The maximum atomic E-state index is 12.9. The van der Waals surface area contributed by atoms with E-state index in [-0.39, 0.29) is 23.5 Å². The average molecular weight is 340 g/mol. The molecular formula is C20H24N2O3. The Hall–Kier alpha value is -2.30. The lowest BCUT2D eigenvalue weighted by molar-refractivity contribution is -0.120. The van der Waals surface area contributed by atoms with E-state index in [9.17, 15) is 9.59 Å². The molecule has 1 aromatic carbocycles. The summed E-state index contributed by atoms with van der Waals surface area (Å²) in [6, 6.07) is 7.52. The first-order valence-corrected chi connectivity index (χ1v) is 9.36. The third-order valence-electron chi connectivity index (χ3n) is 5.41. The zero-order valence-electron chi connectivity index (χ0n) is 14.4. The van der Waals surface area contributed by atoms with Crippen LogP contribution in [0.2, 0.25) is 0 Å². The molecule has 1 aliphatic carbocycles. The Kier molecular flexibility index (Phi) is 4.47. The first-order chi connectivity index (χ1) is 12.2. The second-order valence-corrected chi connectivity index (χ2v) is 7.13. The summed E-state index contributed by atoms with van der Waals surface area (Å²) in [5.41, 5.74) is 1.19. The molecule has 0 bridgehead atoms. The normalized spacial score (nSPS) is 18.6. The lowest BCUT2D eigenvalue weighted by Gasteiger charge is -2.21. The van der Waals surface area contributed by atoms with Crippen molar-refractivity contribution in [3.8, 4) is 0 Å². The van der Waals surface area contributed by atoms with E-state index in [2.05, 4.69) is 5.32 Å². The van der Waals surface area contributed by atoms with Gasteiger partial charge in [-0.3, -0.25) is 9.59 Å². The fourth-order valence-electron chi connectivity index (χ4n) is 3.97. The Morgan fingerprint density at radius 2 is 1.72 bits per heavy atom. The first kappa shape index (κ1) is 16.2. The molecule has 5 nitrogen and oxygen atoms in total. The molecule has 0 atom stereocenters. The van der Waals surface area contributed by atoms with E-state index >= 15 is 0 Å². The quantitative estimate of drug-likeness (QED) is 0.911. The molecule has 1 aliphatic heterocycles. The van der Waals surface area contributed by atoms with E-state index in [1.807, 2.05) is 29.2 Å². The van der Waals surface area contributed by atoms with E-state index in [0.717, 1.165) is 57.0 Å². The highest BCUT2D eigenvalue weighted by molar-refractivity contribution is 6.11. The number of carbonyl (C=O) groups excluding carboxylic acids is 2. The number of likely N-dealkylation sites (tertiary alicyclic amines) is 1. The Bertz CT molecular complexity index is 783. The minimum Gasteiger partial charge on any atom is -0.449 e. The van der Waals surface area contributed by atoms with Crippen molar-refractivity contribution in [1.29, 1.82) is 0 Å². The van der Waals surface area contributed by atoms with Gasteiger partial charge in [-0.1, -0.05) is 31.4 Å². The van der Waals surface area contributed by atoms with Gasteiger partial charge in [-0.05, 0) is 37.8 Å². The number of carbonyl (C=O) groups is 2. The fraction of sp³-hybridized carbons (Fsp3) is 0.500. The summed E-state index contributed by atoms with van der Waals surface area (Å²) in [4.78, 5) is 27.4. The van der Waals surface area contributed by atoms with Gasteiger partial charge in [-0.2, -0.15) is 0 Å². The molecule has 1 aromatic heterocycles. The summed E-state index contributed by atoms with van der Waals surface area (Å²) in [6.45, 7) is 1.51. The molecule has 1 saturated heterocycles. The van der Waals surface area contributed by atoms with Crippen LogP contribution in [0.3, 0.4) is 0 Å². The number of benzene rings is 1. The van der Waals surface area contributed by atoms with Crippen LogP contribution >= 0.6 is 0 Å². The molecule has 2 aromatic rings. The predicted octanol–water partition coefficient (Wildman–Crippen LogP) is 4.19. The van der Waals surface area contributed by atoms with Crippen LogP contribution in [-0.2, 0) is 4.79 Å².